The van der Waals surface area contributed by atoms with Gasteiger partial charge in [-0.05, 0) is 63.5 Å². The third-order valence-electron chi connectivity index (χ3n) is 5.96. The lowest BCUT2D eigenvalue weighted by atomic mass is 9.96. The number of hydrogen-bond donors (Lipinski definition) is 2. The second-order valence-electron chi connectivity index (χ2n) is 8.30. The highest BCUT2D eigenvalue weighted by atomic mass is 16.5. The minimum Gasteiger partial charge on any atom is -0.497 e. The van der Waals surface area contributed by atoms with Gasteiger partial charge in [0.2, 0.25) is 0 Å². The van der Waals surface area contributed by atoms with Crippen LogP contribution in [0.25, 0.3) is 27.6 Å². The Kier molecular flexibility index (Phi) is 6.45. The van der Waals surface area contributed by atoms with Gasteiger partial charge in [0.05, 0.1) is 7.11 Å². The summed E-state index contributed by atoms with van der Waals surface area (Å²) in [6.45, 7) is 0. The van der Waals surface area contributed by atoms with Crippen LogP contribution in [0.2, 0.25) is 0 Å². The van der Waals surface area contributed by atoms with Crippen LogP contribution in [-0.2, 0) is 4.79 Å². The summed E-state index contributed by atoms with van der Waals surface area (Å²) in [5, 5.41) is 9.78. The van der Waals surface area contributed by atoms with Crippen molar-refractivity contribution in [2.45, 2.75) is 0 Å². The summed E-state index contributed by atoms with van der Waals surface area (Å²) >= 11 is 0. The second-order valence-corrected chi connectivity index (χ2v) is 8.30. The van der Waals surface area contributed by atoms with Crippen molar-refractivity contribution < 1.29 is 14.3 Å². The molecule has 0 aliphatic rings. The number of amides is 2. The summed E-state index contributed by atoms with van der Waals surface area (Å²) < 4.78 is 5.28. The summed E-state index contributed by atoms with van der Waals surface area (Å²) in [5.74, 6) is -0.191. The van der Waals surface area contributed by atoms with Crippen LogP contribution in [0.1, 0.15) is 15.9 Å². The Hall–Kier alpha value is -4.90. The molecule has 0 spiro atoms. The predicted molar refractivity (Wildman–Crippen MR) is 145 cm³/mol. The van der Waals surface area contributed by atoms with E-state index in [2.05, 4.69) is 16.7 Å². The molecule has 0 atom stereocenters. The summed E-state index contributed by atoms with van der Waals surface area (Å²) in [4.78, 5) is 26.6. The third-order valence-corrected chi connectivity index (χ3v) is 5.96. The number of methoxy groups -OCH3 is 1. The molecule has 0 bridgehead atoms. The fourth-order valence-corrected chi connectivity index (χ4v) is 4.19. The molecule has 176 valence electrons. The van der Waals surface area contributed by atoms with Crippen molar-refractivity contribution >= 4 is 45.1 Å². The van der Waals surface area contributed by atoms with Crippen molar-refractivity contribution in [1.29, 1.82) is 0 Å². The molecule has 36 heavy (non-hydrogen) atoms. The van der Waals surface area contributed by atoms with Gasteiger partial charge in [-0.3, -0.25) is 9.59 Å². The maximum Gasteiger partial charge on any atom is 0.272 e. The van der Waals surface area contributed by atoms with Crippen LogP contribution in [0.15, 0.2) is 115 Å². The van der Waals surface area contributed by atoms with E-state index in [0.29, 0.717) is 17.0 Å². The van der Waals surface area contributed by atoms with Crippen molar-refractivity contribution in [1.82, 2.24) is 5.32 Å². The van der Waals surface area contributed by atoms with E-state index in [1.165, 1.54) is 0 Å². The Labute approximate surface area is 209 Å². The van der Waals surface area contributed by atoms with Crippen LogP contribution in [0.3, 0.4) is 0 Å². The van der Waals surface area contributed by atoms with E-state index in [1.807, 2.05) is 54.6 Å². The fraction of sp³-hybridized carbons (Fsp3) is 0.0323. The molecule has 0 aliphatic carbocycles. The molecule has 0 aliphatic heterocycles. The van der Waals surface area contributed by atoms with Gasteiger partial charge in [0.15, 0.2) is 0 Å². The second kappa shape index (κ2) is 10.2. The first kappa shape index (κ1) is 22.9. The number of carbonyl (C=O) groups is 2. The standard InChI is InChI=1S/C31H24N2O3/c1-36-25-15-9-14-24(19-25)32-31(35)29(33-30(34)21-10-3-2-4-11-21)20-28-26-16-7-5-12-22(26)18-23-13-6-8-17-27(23)28/h2-20H,1H3,(H,32,35)(H,33,34). The third kappa shape index (κ3) is 4.81. The maximum absolute atomic E-state index is 13.5. The van der Waals surface area contributed by atoms with Crippen LogP contribution >= 0.6 is 0 Å². The molecule has 2 amide bonds. The van der Waals surface area contributed by atoms with Crippen LogP contribution in [0, 0.1) is 0 Å². The van der Waals surface area contributed by atoms with Gasteiger partial charge in [0, 0.05) is 17.3 Å². The molecular weight excluding hydrogens is 448 g/mol. The van der Waals surface area contributed by atoms with E-state index in [-0.39, 0.29) is 11.6 Å². The zero-order chi connectivity index (χ0) is 24.9. The van der Waals surface area contributed by atoms with E-state index in [0.717, 1.165) is 27.1 Å². The van der Waals surface area contributed by atoms with Gasteiger partial charge in [-0.15, -0.1) is 0 Å². The lowest BCUT2D eigenvalue weighted by Gasteiger charge is -2.14. The van der Waals surface area contributed by atoms with E-state index in [4.69, 9.17) is 4.74 Å². The molecule has 5 aromatic rings. The van der Waals surface area contributed by atoms with E-state index >= 15 is 0 Å². The molecule has 0 unspecified atom stereocenters. The molecule has 0 saturated carbocycles. The summed E-state index contributed by atoms with van der Waals surface area (Å²) in [5.41, 5.74) is 2.00. The number of hydrogen-bond acceptors (Lipinski definition) is 3. The van der Waals surface area contributed by atoms with Crippen LogP contribution in [0.4, 0.5) is 5.69 Å². The number of nitrogens with one attached hydrogen (secondary N) is 2. The molecule has 0 aromatic heterocycles. The molecule has 5 nitrogen and oxygen atoms in total. The van der Waals surface area contributed by atoms with Crippen LogP contribution < -0.4 is 15.4 Å². The smallest absolute Gasteiger partial charge is 0.272 e. The predicted octanol–water partition coefficient (Wildman–Crippen LogP) is 6.41. The van der Waals surface area contributed by atoms with Gasteiger partial charge >= 0.3 is 0 Å². The van der Waals surface area contributed by atoms with E-state index in [1.54, 1.807) is 61.7 Å². The molecule has 2 N–H and O–H groups in total. The first-order valence-corrected chi connectivity index (χ1v) is 11.6. The van der Waals surface area contributed by atoms with Crippen LogP contribution in [0.5, 0.6) is 5.75 Å². The molecule has 5 aromatic carbocycles. The lowest BCUT2D eigenvalue weighted by Crippen LogP contribution is -2.30. The topological polar surface area (TPSA) is 67.4 Å². The zero-order valence-corrected chi connectivity index (χ0v) is 19.7. The SMILES string of the molecule is COc1cccc(NC(=O)C(=Cc2c3ccccc3cc3ccccc23)NC(=O)c2ccccc2)c1. The molecule has 0 heterocycles. The summed E-state index contributed by atoms with van der Waals surface area (Å²) in [6.07, 6.45) is 1.75. The van der Waals surface area contributed by atoms with Crippen LogP contribution in [-0.4, -0.2) is 18.9 Å². The number of ether oxygens (including phenoxy) is 1. The first-order chi connectivity index (χ1) is 17.6. The normalized spacial score (nSPS) is 11.3. The number of anilines is 1. The Bertz CT molecular complexity index is 1550. The van der Waals surface area contributed by atoms with Crippen molar-refractivity contribution in [2.75, 3.05) is 12.4 Å². The lowest BCUT2D eigenvalue weighted by molar-refractivity contribution is -0.113. The highest BCUT2D eigenvalue weighted by Crippen LogP contribution is 2.30. The van der Waals surface area contributed by atoms with Gasteiger partial charge in [-0.25, -0.2) is 0 Å². The quantitative estimate of drug-likeness (QED) is 0.222. The van der Waals surface area contributed by atoms with Gasteiger partial charge < -0.3 is 15.4 Å². The molecular formula is C31H24N2O3. The molecule has 5 rings (SSSR count). The monoisotopic (exact) mass is 472 g/mol. The van der Waals surface area contributed by atoms with Gasteiger partial charge in [0.25, 0.3) is 11.8 Å². The Morgan fingerprint density at radius 3 is 2.03 bits per heavy atom. The van der Waals surface area contributed by atoms with Gasteiger partial charge in [0.1, 0.15) is 11.4 Å². The Morgan fingerprint density at radius 2 is 1.36 bits per heavy atom. The minimum atomic E-state index is -0.440. The number of fused-ring (bicyclic) bond motifs is 2. The van der Waals surface area contributed by atoms with Gasteiger partial charge in [-0.2, -0.15) is 0 Å². The van der Waals surface area contributed by atoms with Gasteiger partial charge in [-0.1, -0.05) is 72.8 Å². The highest BCUT2D eigenvalue weighted by molar-refractivity contribution is 6.14. The van der Waals surface area contributed by atoms with Crippen molar-refractivity contribution in [3.63, 3.8) is 0 Å². The minimum absolute atomic E-state index is 0.133. The van der Waals surface area contributed by atoms with E-state index in [9.17, 15) is 9.59 Å². The van der Waals surface area contributed by atoms with Crippen molar-refractivity contribution in [3.8, 4) is 5.75 Å². The number of carbonyl (C=O) groups excluding carboxylic acids is 2. The molecule has 5 heteroatoms. The fourth-order valence-electron chi connectivity index (χ4n) is 4.19. The molecule has 0 radical (unpaired) electrons. The average Bonchev–Trinajstić information content (AvgIpc) is 2.92. The first-order valence-electron chi connectivity index (χ1n) is 11.6. The number of benzene rings is 5. The summed E-state index contributed by atoms with van der Waals surface area (Å²) in [6, 6.07) is 34.0. The largest absolute Gasteiger partial charge is 0.497 e. The van der Waals surface area contributed by atoms with E-state index < -0.39 is 5.91 Å². The maximum atomic E-state index is 13.5. The molecule has 0 fully saturated rings. The van der Waals surface area contributed by atoms with Crippen molar-refractivity contribution in [2.24, 2.45) is 0 Å². The number of rotatable bonds is 6. The summed E-state index contributed by atoms with van der Waals surface area (Å²) in [7, 11) is 1.57. The Morgan fingerprint density at radius 1 is 0.722 bits per heavy atom. The Balaban J connectivity index is 1.63. The zero-order valence-electron chi connectivity index (χ0n) is 19.7. The van der Waals surface area contributed by atoms with Crippen molar-refractivity contribution in [3.05, 3.63) is 126 Å². The highest BCUT2D eigenvalue weighted by Gasteiger charge is 2.17. The molecule has 0 saturated heterocycles. The average molecular weight is 473 g/mol.